The number of fused-ring (bicyclic) bond motifs is 1. The van der Waals surface area contributed by atoms with Gasteiger partial charge in [0.25, 0.3) is 17.4 Å². The Morgan fingerprint density at radius 2 is 2.00 bits per heavy atom. The predicted molar refractivity (Wildman–Crippen MR) is 50.8 cm³/mol. The number of rotatable bonds is 1. The molecule has 0 saturated heterocycles. The molecule has 2 rings (SSSR count). The van der Waals surface area contributed by atoms with E-state index in [9.17, 15) is 19.7 Å². The summed E-state index contributed by atoms with van der Waals surface area (Å²) in [6, 6.07) is 2.72. The van der Waals surface area contributed by atoms with Crippen LogP contribution in [0.25, 0.3) is 0 Å². The monoisotopic (exact) mass is 206 g/mol. The first-order valence-electron chi connectivity index (χ1n) is 4.16. The number of carbonyl (C=O) groups is 2. The van der Waals surface area contributed by atoms with Gasteiger partial charge in [-0.2, -0.15) is 0 Å². The molecular formula is C9H6N2O4. The highest BCUT2D eigenvalue weighted by Crippen LogP contribution is 2.34. The second-order valence-electron chi connectivity index (χ2n) is 3.19. The van der Waals surface area contributed by atoms with Gasteiger partial charge < -0.3 is 5.32 Å². The van der Waals surface area contributed by atoms with Crippen LogP contribution in [0, 0.1) is 17.0 Å². The number of amides is 1. The van der Waals surface area contributed by atoms with E-state index < -0.39 is 16.6 Å². The van der Waals surface area contributed by atoms with Crippen LogP contribution < -0.4 is 5.32 Å². The van der Waals surface area contributed by atoms with E-state index in [-0.39, 0.29) is 16.9 Å². The molecule has 0 atom stereocenters. The van der Waals surface area contributed by atoms with Crippen molar-refractivity contribution in [3.05, 3.63) is 33.4 Å². The number of Topliss-reactive ketones (excluding diaryl/α,β-unsaturated/α-hetero) is 1. The molecule has 0 aliphatic carbocycles. The van der Waals surface area contributed by atoms with Crippen LogP contribution in [0.3, 0.4) is 0 Å². The third kappa shape index (κ3) is 1.18. The molecule has 0 radical (unpaired) electrons. The molecule has 0 unspecified atom stereocenters. The van der Waals surface area contributed by atoms with Crippen molar-refractivity contribution in [2.45, 2.75) is 6.92 Å². The van der Waals surface area contributed by atoms with E-state index in [0.29, 0.717) is 5.56 Å². The molecule has 0 fully saturated rings. The summed E-state index contributed by atoms with van der Waals surface area (Å²) in [6.45, 7) is 1.63. The Balaban J connectivity index is 2.75. The third-order valence-corrected chi connectivity index (χ3v) is 2.26. The van der Waals surface area contributed by atoms with Gasteiger partial charge in [0.05, 0.1) is 10.5 Å². The Kier molecular flexibility index (Phi) is 1.79. The van der Waals surface area contributed by atoms with Crippen molar-refractivity contribution >= 4 is 23.1 Å². The molecule has 1 amide bonds. The van der Waals surface area contributed by atoms with Crippen molar-refractivity contribution < 1.29 is 14.5 Å². The highest BCUT2D eigenvalue weighted by atomic mass is 16.6. The minimum Gasteiger partial charge on any atom is -0.313 e. The van der Waals surface area contributed by atoms with Crippen LogP contribution in [0.2, 0.25) is 0 Å². The number of nitro benzene ring substituents is 1. The molecule has 1 aliphatic rings. The molecule has 76 valence electrons. The SMILES string of the molecule is Cc1ccc([N+](=O)[O-])c2c1C(=O)C(=O)N2. The van der Waals surface area contributed by atoms with E-state index in [4.69, 9.17) is 0 Å². The zero-order valence-electron chi connectivity index (χ0n) is 7.73. The number of hydrogen-bond donors (Lipinski definition) is 1. The van der Waals surface area contributed by atoms with Gasteiger partial charge in [-0.1, -0.05) is 6.07 Å². The highest BCUT2D eigenvalue weighted by Gasteiger charge is 2.35. The fraction of sp³-hybridized carbons (Fsp3) is 0.111. The summed E-state index contributed by atoms with van der Waals surface area (Å²) in [5.74, 6) is -1.53. The van der Waals surface area contributed by atoms with Gasteiger partial charge in [-0.3, -0.25) is 19.7 Å². The van der Waals surface area contributed by atoms with Gasteiger partial charge in [0.2, 0.25) is 0 Å². The molecule has 15 heavy (non-hydrogen) atoms. The van der Waals surface area contributed by atoms with Gasteiger partial charge in [0.15, 0.2) is 0 Å². The Morgan fingerprint density at radius 3 is 2.60 bits per heavy atom. The summed E-state index contributed by atoms with van der Waals surface area (Å²) in [7, 11) is 0. The first-order chi connectivity index (χ1) is 7.02. The largest absolute Gasteiger partial charge is 0.313 e. The van der Waals surface area contributed by atoms with E-state index in [0.717, 1.165) is 0 Å². The Bertz CT molecular complexity index is 507. The molecule has 1 aromatic rings. The van der Waals surface area contributed by atoms with Crippen molar-refractivity contribution in [3.63, 3.8) is 0 Å². The first-order valence-corrected chi connectivity index (χ1v) is 4.16. The van der Waals surface area contributed by atoms with E-state index in [2.05, 4.69) is 5.32 Å². The summed E-state index contributed by atoms with van der Waals surface area (Å²) in [5, 5.41) is 12.8. The van der Waals surface area contributed by atoms with Crippen molar-refractivity contribution in [1.29, 1.82) is 0 Å². The van der Waals surface area contributed by atoms with Crippen molar-refractivity contribution in [1.82, 2.24) is 0 Å². The van der Waals surface area contributed by atoms with Gasteiger partial charge in [-0.15, -0.1) is 0 Å². The molecule has 1 heterocycles. The predicted octanol–water partition coefficient (Wildman–Crippen LogP) is 1.04. The van der Waals surface area contributed by atoms with Crippen molar-refractivity contribution in [2.24, 2.45) is 0 Å². The maximum absolute atomic E-state index is 11.4. The second kappa shape index (κ2) is 2.88. The van der Waals surface area contributed by atoms with Crippen LogP contribution >= 0.6 is 0 Å². The molecule has 0 bridgehead atoms. The molecule has 1 aromatic carbocycles. The normalized spacial score (nSPS) is 13.7. The minimum absolute atomic E-state index is 0.00926. The van der Waals surface area contributed by atoms with Gasteiger partial charge >= 0.3 is 0 Å². The number of anilines is 1. The quantitative estimate of drug-likeness (QED) is 0.422. The van der Waals surface area contributed by atoms with Crippen LogP contribution in [0.1, 0.15) is 15.9 Å². The third-order valence-electron chi connectivity index (χ3n) is 2.26. The summed E-state index contributed by atoms with van der Waals surface area (Å²) < 4.78 is 0. The smallest absolute Gasteiger partial charge is 0.297 e. The van der Waals surface area contributed by atoms with Crippen LogP contribution in [0.15, 0.2) is 12.1 Å². The lowest BCUT2D eigenvalue weighted by Crippen LogP contribution is -2.12. The maximum atomic E-state index is 11.4. The number of hydrogen-bond acceptors (Lipinski definition) is 4. The summed E-state index contributed by atoms with van der Waals surface area (Å²) >= 11 is 0. The number of nitro groups is 1. The molecule has 6 nitrogen and oxygen atoms in total. The molecular weight excluding hydrogens is 200 g/mol. The van der Waals surface area contributed by atoms with Gasteiger partial charge in [0, 0.05) is 6.07 Å². The first kappa shape index (κ1) is 9.32. The average Bonchev–Trinajstić information content (AvgIpc) is 2.44. The number of nitrogens with zero attached hydrogens (tertiary/aromatic N) is 1. The summed E-state index contributed by atoms with van der Waals surface area (Å²) in [5.41, 5.74) is 0.415. The zero-order valence-corrected chi connectivity index (χ0v) is 7.73. The number of benzene rings is 1. The molecule has 0 aromatic heterocycles. The van der Waals surface area contributed by atoms with Crippen molar-refractivity contribution in [2.75, 3.05) is 5.32 Å². The van der Waals surface area contributed by atoms with E-state index in [1.54, 1.807) is 6.92 Å². The van der Waals surface area contributed by atoms with Crippen LogP contribution in [-0.4, -0.2) is 16.6 Å². The zero-order chi connectivity index (χ0) is 11.2. The van der Waals surface area contributed by atoms with Gasteiger partial charge in [-0.25, -0.2) is 0 Å². The summed E-state index contributed by atoms with van der Waals surface area (Å²) in [4.78, 5) is 32.4. The van der Waals surface area contributed by atoms with Crippen LogP contribution in [0.5, 0.6) is 0 Å². The molecule has 0 saturated carbocycles. The number of nitrogens with one attached hydrogen (secondary N) is 1. The molecule has 0 spiro atoms. The van der Waals surface area contributed by atoms with Gasteiger partial charge in [0.1, 0.15) is 5.69 Å². The van der Waals surface area contributed by atoms with Crippen LogP contribution in [-0.2, 0) is 4.79 Å². The highest BCUT2D eigenvalue weighted by molar-refractivity contribution is 6.52. The van der Waals surface area contributed by atoms with Crippen molar-refractivity contribution in [3.8, 4) is 0 Å². The van der Waals surface area contributed by atoms with Gasteiger partial charge in [-0.05, 0) is 12.5 Å². The van der Waals surface area contributed by atoms with Crippen LogP contribution in [0.4, 0.5) is 11.4 Å². The maximum Gasteiger partial charge on any atom is 0.297 e. The van der Waals surface area contributed by atoms with E-state index >= 15 is 0 Å². The Morgan fingerprint density at radius 1 is 1.33 bits per heavy atom. The lowest BCUT2D eigenvalue weighted by Gasteiger charge is -2.01. The topological polar surface area (TPSA) is 89.3 Å². The van der Waals surface area contributed by atoms with E-state index in [1.807, 2.05) is 0 Å². The summed E-state index contributed by atoms with van der Waals surface area (Å²) in [6.07, 6.45) is 0. The average molecular weight is 206 g/mol. The number of carbonyl (C=O) groups excluding carboxylic acids is 2. The fourth-order valence-corrected chi connectivity index (χ4v) is 1.55. The lowest BCUT2D eigenvalue weighted by atomic mass is 10.0. The number of aryl methyl sites for hydroxylation is 1. The van der Waals surface area contributed by atoms with E-state index in [1.165, 1.54) is 12.1 Å². The minimum atomic E-state index is -0.817. The Labute approximate surface area is 84.0 Å². The lowest BCUT2D eigenvalue weighted by molar-refractivity contribution is -0.383. The Hall–Kier alpha value is -2.24. The molecule has 6 heteroatoms. The number of ketones is 1. The second-order valence-corrected chi connectivity index (χ2v) is 3.19. The molecule has 1 aliphatic heterocycles. The molecule has 1 N–H and O–H groups in total. The fourth-order valence-electron chi connectivity index (χ4n) is 1.55. The standard InChI is InChI=1S/C9H6N2O4/c1-4-2-3-5(11(14)15)7-6(4)8(12)9(13)10-7/h2-3H,1H3,(H,10,12,13).